The van der Waals surface area contributed by atoms with Crippen LogP contribution in [0.5, 0.6) is 5.75 Å². The van der Waals surface area contributed by atoms with Gasteiger partial charge in [-0.15, -0.1) is 0 Å². The van der Waals surface area contributed by atoms with Gasteiger partial charge >= 0.3 is 5.97 Å². The van der Waals surface area contributed by atoms with E-state index in [1.165, 1.54) is 0 Å². The largest absolute Gasteiger partial charge is 0.497 e. The van der Waals surface area contributed by atoms with E-state index < -0.39 is 5.97 Å². The van der Waals surface area contributed by atoms with Gasteiger partial charge in [0, 0.05) is 17.0 Å². The summed E-state index contributed by atoms with van der Waals surface area (Å²) in [6.45, 7) is 3.44. The number of carboxylic acid groups (broad SMARTS) is 1. The van der Waals surface area contributed by atoms with Crippen molar-refractivity contribution in [3.05, 3.63) is 40.9 Å². The molecule has 80 valence electrons. The van der Waals surface area contributed by atoms with Crippen molar-refractivity contribution in [2.75, 3.05) is 7.11 Å². The molecule has 0 amide bonds. The van der Waals surface area contributed by atoms with Gasteiger partial charge in [0.05, 0.1) is 7.11 Å². The van der Waals surface area contributed by atoms with Crippen molar-refractivity contribution in [1.82, 2.24) is 0 Å². The second kappa shape index (κ2) is 4.84. The van der Waals surface area contributed by atoms with E-state index in [1.807, 2.05) is 0 Å². The number of carboxylic acids is 1. The quantitative estimate of drug-likeness (QED) is 0.803. The predicted molar refractivity (Wildman–Crippen MR) is 58.5 cm³/mol. The molecule has 0 unspecified atom stereocenters. The second-order valence-corrected chi connectivity index (χ2v) is 3.45. The summed E-state index contributed by atoms with van der Waals surface area (Å²) in [6.07, 6.45) is 0.234. The van der Waals surface area contributed by atoms with Crippen LogP contribution >= 0.6 is 11.6 Å². The van der Waals surface area contributed by atoms with Crippen molar-refractivity contribution in [1.29, 1.82) is 0 Å². The fourth-order valence-electron chi connectivity index (χ4n) is 1.10. The normalized spacial score (nSPS) is 9.73. The molecule has 0 heterocycles. The minimum absolute atomic E-state index is 0.113. The van der Waals surface area contributed by atoms with Gasteiger partial charge in [0.15, 0.2) is 0 Å². The Morgan fingerprint density at radius 2 is 2.27 bits per heavy atom. The molecule has 3 nitrogen and oxygen atoms in total. The van der Waals surface area contributed by atoms with Crippen LogP contribution in [0.15, 0.2) is 30.4 Å². The second-order valence-electron chi connectivity index (χ2n) is 3.04. The first-order chi connectivity index (χ1) is 7.04. The number of hydrogen-bond acceptors (Lipinski definition) is 2. The summed E-state index contributed by atoms with van der Waals surface area (Å²) < 4.78 is 4.98. The van der Waals surface area contributed by atoms with Crippen LogP contribution in [-0.2, 0) is 11.2 Å². The van der Waals surface area contributed by atoms with Gasteiger partial charge in [-0.05, 0) is 17.7 Å². The summed E-state index contributed by atoms with van der Waals surface area (Å²) in [5.41, 5.74) is 0.840. The summed E-state index contributed by atoms with van der Waals surface area (Å²) in [4.78, 5) is 10.6. The molecule has 0 aliphatic heterocycles. The maximum absolute atomic E-state index is 10.6. The SMILES string of the molecule is C=C(Cc1ccc(OC)cc1Cl)C(=O)O. The lowest BCUT2D eigenvalue weighted by Gasteiger charge is -2.06. The highest BCUT2D eigenvalue weighted by molar-refractivity contribution is 6.31. The first-order valence-electron chi connectivity index (χ1n) is 4.28. The van der Waals surface area contributed by atoms with Crippen molar-refractivity contribution < 1.29 is 14.6 Å². The summed E-state index contributed by atoms with van der Waals surface area (Å²) in [6, 6.07) is 5.11. The van der Waals surface area contributed by atoms with Gasteiger partial charge in [-0.25, -0.2) is 4.79 Å². The number of benzene rings is 1. The van der Waals surface area contributed by atoms with Crippen LogP contribution < -0.4 is 4.74 Å². The molecule has 0 atom stereocenters. The van der Waals surface area contributed by atoms with E-state index in [1.54, 1.807) is 25.3 Å². The standard InChI is InChI=1S/C11H11ClO3/c1-7(11(13)14)5-8-3-4-9(15-2)6-10(8)12/h3-4,6H,1,5H2,2H3,(H,13,14). The molecule has 0 aliphatic rings. The molecule has 0 radical (unpaired) electrons. The number of methoxy groups -OCH3 is 1. The number of hydrogen-bond donors (Lipinski definition) is 1. The summed E-state index contributed by atoms with van der Waals surface area (Å²) in [5.74, 6) is -0.369. The van der Waals surface area contributed by atoms with E-state index in [0.29, 0.717) is 10.8 Å². The van der Waals surface area contributed by atoms with E-state index in [2.05, 4.69) is 6.58 Å². The maximum atomic E-state index is 10.6. The predicted octanol–water partition coefficient (Wildman–Crippen LogP) is 2.53. The Balaban J connectivity index is 2.87. The molecule has 1 aromatic carbocycles. The van der Waals surface area contributed by atoms with Crippen LogP contribution in [0.2, 0.25) is 5.02 Å². The smallest absolute Gasteiger partial charge is 0.331 e. The molecule has 0 saturated carbocycles. The number of rotatable bonds is 4. The fraction of sp³-hybridized carbons (Fsp3) is 0.182. The topological polar surface area (TPSA) is 46.5 Å². The molecule has 0 bridgehead atoms. The average molecular weight is 227 g/mol. The van der Waals surface area contributed by atoms with Crippen LogP contribution in [0.3, 0.4) is 0 Å². The van der Waals surface area contributed by atoms with E-state index in [9.17, 15) is 4.79 Å². The highest BCUT2D eigenvalue weighted by Crippen LogP contribution is 2.24. The van der Waals surface area contributed by atoms with E-state index >= 15 is 0 Å². The summed E-state index contributed by atoms with van der Waals surface area (Å²) >= 11 is 5.94. The molecule has 0 aliphatic carbocycles. The molecular weight excluding hydrogens is 216 g/mol. The molecule has 1 rings (SSSR count). The van der Waals surface area contributed by atoms with Gasteiger partial charge in [-0.2, -0.15) is 0 Å². The summed E-state index contributed by atoms with van der Waals surface area (Å²) in [5, 5.41) is 9.15. The van der Waals surface area contributed by atoms with Crippen LogP contribution in [0.25, 0.3) is 0 Å². The van der Waals surface area contributed by atoms with Gasteiger partial charge in [0.2, 0.25) is 0 Å². The monoisotopic (exact) mass is 226 g/mol. The Morgan fingerprint density at radius 3 is 2.73 bits per heavy atom. The molecule has 0 spiro atoms. The molecular formula is C11H11ClO3. The Kier molecular flexibility index (Phi) is 3.74. The lowest BCUT2D eigenvalue weighted by molar-refractivity contribution is -0.132. The van der Waals surface area contributed by atoms with E-state index in [0.717, 1.165) is 5.56 Å². The molecule has 0 aromatic heterocycles. The third-order valence-corrected chi connectivity index (χ3v) is 2.32. The van der Waals surface area contributed by atoms with Crippen LogP contribution in [0.1, 0.15) is 5.56 Å². The number of aliphatic carboxylic acids is 1. The van der Waals surface area contributed by atoms with E-state index in [4.69, 9.17) is 21.4 Å². The maximum Gasteiger partial charge on any atom is 0.331 e. The third-order valence-electron chi connectivity index (χ3n) is 1.97. The zero-order valence-corrected chi connectivity index (χ0v) is 9.04. The first kappa shape index (κ1) is 11.6. The van der Waals surface area contributed by atoms with Crippen molar-refractivity contribution in [3.63, 3.8) is 0 Å². The van der Waals surface area contributed by atoms with Gasteiger partial charge in [0.25, 0.3) is 0 Å². The van der Waals surface area contributed by atoms with Gasteiger partial charge in [-0.3, -0.25) is 0 Å². The first-order valence-corrected chi connectivity index (χ1v) is 4.66. The fourth-order valence-corrected chi connectivity index (χ4v) is 1.34. The van der Waals surface area contributed by atoms with Crippen molar-refractivity contribution >= 4 is 17.6 Å². The van der Waals surface area contributed by atoms with Crippen LogP contribution in [0.4, 0.5) is 0 Å². The zero-order chi connectivity index (χ0) is 11.4. The Hall–Kier alpha value is -1.48. The van der Waals surface area contributed by atoms with Gasteiger partial charge in [-0.1, -0.05) is 24.2 Å². The molecule has 1 aromatic rings. The molecule has 4 heteroatoms. The van der Waals surface area contributed by atoms with Crippen LogP contribution in [0, 0.1) is 0 Å². The number of halogens is 1. The molecule has 15 heavy (non-hydrogen) atoms. The Bertz CT molecular complexity index is 399. The minimum Gasteiger partial charge on any atom is -0.497 e. The van der Waals surface area contributed by atoms with Gasteiger partial charge in [0.1, 0.15) is 5.75 Å². The Morgan fingerprint density at radius 1 is 1.60 bits per heavy atom. The number of ether oxygens (including phenoxy) is 1. The average Bonchev–Trinajstić information content (AvgIpc) is 2.20. The minimum atomic E-state index is -1.01. The zero-order valence-electron chi connectivity index (χ0n) is 8.29. The highest BCUT2D eigenvalue weighted by Gasteiger charge is 2.08. The third kappa shape index (κ3) is 2.99. The van der Waals surface area contributed by atoms with Crippen LogP contribution in [-0.4, -0.2) is 18.2 Å². The van der Waals surface area contributed by atoms with Crippen molar-refractivity contribution in [2.24, 2.45) is 0 Å². The van der Waals surface area contributed by atoms with Crippen molar-refractivity contribution in [3.8, 4) is 5.75 Å². The highest BCUT2D eigenvalue weighted by atomic mass is 35.5. The Labute approximate surface area is 92.9 Å². The molecule has 0 saturated heterocycles. The number of carbonyl (C=O) groups is 1. The lowest BCUT2D eigenvalue weighted by atomic mass is 10.1. The van der Waals surface area contributed by atoms with E-state index in [-0.39, 0.29) is 12.0 Å². The van der Waals surface area contributed by atoms with Gasteiger partial charge < -0.3 is 9.84 Å². The lowest BCUT2D eigenvalue weighted by Crippen LogP contribution is -2.02. The molecule has 0 fully saturated rings. The molecule has 1 N–H and O–H groups in total. The summed E-state index contributed by atoms with van der Waals surface area (Å²) in [7, 11) is 1.54. The van der Waals surface area contributed by atoms with Crippen molar-refractivity contribution in [2.45, 2.75) is 6.42 Å².